The predicted molar refractivity (Wildman–Crippen MR) is 50.4 cm³/mol. The van der Waals surface area contributed by atoms with Crippen molar-refractivity contribution in [2.45, 2.75) is 51.0 Å². The highest BCUT2D eigenvalue weighted by Crippen LogP contribution is 2.43. The SMILES string of the molecule is CC1[B]C(C)(C)C(C)(O)OCC1. The molecular weight excluding hydrogens is 151 g/mol. The molecule has 1 fully saturated rings. The molecule has 0 saturated carbocycles. The smallest absolute Gasteiger partial charge is 0.160 e. The van der Waals surface area contributed by atoms with Crippen LogP contribution in [-0.2, 0) is 4.74 Å². The molecule has 2 unspecified atom stereocenters. The van der Waals surface area contributed by atoms with Crippen molar-refractivity contribution < 1.29 is 9.84 Å². The molecule has 12 heavy (non-hydrogen) atoms. The maximum atomic E-state index is 9.95. The van der Waals surface area contributed by atoms with Crippen LogP contribution in [0.15, 0.2) is 0 Å². The van der Waals surface area contributed by atoms with Gasteiger partial charge in [0, 0.05) is 6.61 Å². The Bertz CT molecular complexity index is 166. The molecule has 1 N–H and O–H groups in total. The largest absolute Gasteiger partial charge is 0.366 e. The Kier molecular flexibility index (Phi) is 2.55. The Morgan fingerprint density at radius 1 is 1.42 bits per heavy atom. The van der Waals surface area contributed by atoms with E-state index < -0.39 is 5.79 Å². The van der Waals surface area contributed by atoms with Crippen LogP contribution >= 0.6 is 0 Å². The van der Waals surface area contributed by atoms with Crippen molar-refractivity contribution in [3.63, 3.8) is 0 Å². The van der Waals surface area contributed by atoms with Crippen molar-refractivity contribution in [3.05, 3.63) is 0 Å². The molecule has 1 heterocycles. The third-order valence-corrected chi connectivity index (χ3v) is 2.85. The summed E-state index contributed by atoms with van der Waals surface area (Å²) in [5.41, 5.74) is 0. The molecule has 2 nitrogen and oxygen atoms in total. The Balaban J connectivity index is 2.78. The van der Waals surface area contributed by atoms with Gasteiger partial charge >= 0.3 is 0 Å². The molecule has 1 aliphatic rings. The highest BCUT2D eigenvalue weighted by molar-refractivity contribution is 6.42. The molecule has 69 valence electrons. The summed E-state index contributed by atoms with van der Waals surface area (Å²) in [5, 5.41) is 9.69. The van der Waals surface area contributed by atoms with E-state index in [1.807, 2.05) is 13.8 Å². The molecule has 0 aromatic carbocycles. The molecule has 0 aromatic rings. The van der Waals surface area contributed by atoms with Crippen LogP contribution in [0.25, 0.3) is 0 Å². The lowest BCUT2D eigenvalue weighted by atomic mass is 9.44. The summed E-state index contributed by atoms with van der Waals surface area (Å²) in [5.74, 6) is -0.494. The first kappa shape index (κ1) is 10.1. The fraction of sp³-hybridized carbons (Fsp3) is 1.00. The first-order valence-corrected chi connectivity index (χ1v) is 4.57. The lowest BCUT2D eigenvalue weighted by molar-refractivity contribution is -0.208. The minimum atomic E-state index is -1.02. The number of ether oxygens (including phenoxy) is 1. The zero-order chi connectivity index (χ0) is 9.41. The monoisotopic (exact) mass is 169 g/mol. The summed E-state index contributed by atoms with van der Waals surface area (Å²) in [6.45, 7) is 8.56. The second kappa shape index (κ2) is 3.04. The van der Waals surface area contributed by atoms with E-state index >= 15 is 0 Å². The molecule has 1 rings (SSSR count). The van der Waals surface area contributed by atoms with Gasteiger partial charge in [-0.2, -0.15) is 0 Å². The fourth-order valence-corrected chi connectivity index (χ4v) is 1.58. The zero-order valence-corrected chi connectivity index (χ0v) is 8.42. The maximum Gasteiger partial charge on any atom is 0.160 e. The second-order valence-corrected chi connectivity index (χ2v) is 4.49. The van der Waals surface area contributed by atoms with Crippen molar-refractivity contribution in [1.82, 2.24) is 0 Å². The van der Waals surface area contributed by atoms with Crippen molar-refractivity contribution in [3.8, 4) is 0 Å². The van der Waals surface area contributed by atoms with Crippen LogP contribution in [0.3, 0.4) is 0 Å². The molecule has 1 saturated heterocycles. The molecule has 0 amide bonds. The van der Waals surface area contributed by atoms with Gasteiger partial charge in [0.15, 0.2) is 5.79 Å². The van der Waals surface area contributed by atoms with E-state index in [2.05, 4.69) is 14.2 Å². The fourth-order valence-electron chi connectivity index (χ4n) is 1.58. The third-order valence-electron chi connectivity index (χ3n) is 2.85. The number of rotatable bonds is 0. The van der Waals surface area contributed by atoms with Crippen molar-refractivity contribution in [1.29, 1.82) is 0 Å². The average Bonchev–Trinajstić information content (AvgIpc) is 1.90. The molecule has 1 radical (unpaired) electrons. The molecule has 0 bridgehead atoms. The van der Waals surface area contributed by atoms with Gasteiger partial charge in [0.25, 0.3) is 0 Å². The van der Waals surface area contributed by atoms with Crippen LogP contribution in [0, 0.1) is 0 Å². The van der Waals surface area contributed by atoms with Crippen molar-refractivity contribution >= 4 is 7.28 Å². The van der Waals surface area contributed by atoms with Crippen LogP contribution in [0.1, 0.15) is 34.1 Å². The summed E-state index contributed by atoms with van der Waals surface area (Å²) in [7, 11) is 2.18. The van der Waals surface area contributed by atoms with Crippen LogP contribution in [0.5, 0.6) is 0 Å². The lowest BCUT2D eigenvalue weighted by Crippen LogP contribution is -2.41. The van der Waals surface area contributed by atoms with Crippen LogP contribution in [0.2, 0.25) is 11.1 Å². The summed E-state index contributed by atoms with van der Waals surface area (Å²) >= 11 is 0. The minimum absolute atomic E-state index is 0.261. The quantitative estimate of drug-likeness (QED) is 0.560. The van der Waals surface area contributed by atoms with Gasteiger partial charge in [0.2, 0.25) is 0 Å². The molecule has 3 heteroatoms. The topological polar surface area (TPSA) is 29.5 Å². The summed E-state index contributed by atoms with van der Waals surface area (Å²) in [6.07, 6.45) is 1.000. The average molecular weight is 169 g/mol. The summed E-state index contributed by atoms with van der Waals surface area (Å²) < 4.78 is 5.40. The van der Waals surface area contributed by atoms with E-state index in [-0.39, 0.29) is 5.31 Å². The zero-order valence-electron chi connectivity index (χ0n) is 8.42. The van der Waals surface area contributed by atoms with E-state index in [1.54, 1.807) is 6.92 Å². The summed E-state index contributed by atoms with van der Waals surface area (Å²) in [6, 6.07) is 0. The normalized spacial score (nSPS) is 41.6. The molecule has 0 spiro atoms. The number of aliphatic hydroxyl groups is 1. The predicted octanol–water partition coefficient (Wildman–Crippen LogP) is 1.83. The van der Waals surface area contributed by atoms with E-state index in [1.165, 1.54) is 0 Å². The standard InChI is InChI=1S/C9H18BO2/c1-7-5-6-12-9(4,11)8(2,3)10-7/h7,11H,5-6H2,1-4H3. The van der Waals surface area contributed by atoms with Gasteiger partial charge in [-0.3, -0.25) is 0 Å². The van der Waals surface area contributed by atoms with Crippen molar-refractivity contribution in [2.24, 2.45) is 0 Å². The highest BCUT2D eigenvalue weighted by atomic mass is 16.6. The minimum Gasteiger partial charge on any atom is -0.366 e. The van der Waals surface area contributed by atoms with E-state index in [4.69, 9.17) is 4.74 Å². The van der Waals surface area contributed by atoms with Crippen LogP contribution < -0.4 is 0 Å². The Hall–Kier alpha value is -0.0151. The van der Waals surface area contributed by atoms with Crippen LogP contribution in [0.4, 0.5) is 0 Å². The highest BCUT2D eigenvalue weighted by Gasteiger charge is 2.43. The molecule has 2 atom stereocenters. The second-order valence-electron chi connectivity index (χ2n) is 4.49. The van der Waals surface area contributed by atoms with Crippen LogP contribution in [-0.4, -0.2) is 24.8 Å². The van der Waals surface area contributed by atoms with E-state index in [0.717, 1.165) is 6.42 Å². The van der Waals surface area contributed by atoms with Gasteiger partial charge < -0.3 is 9.84 Å². The molecular formula is C9H18BO2. The Labute approximate surface area is 75.5 Å². The first-order valence-electron chi connectivity index (χ1n) is 4.57. The Morgan fingerprint density at radius 3 is 2.58 bits per heavy atom. The van der Waals surface area contributed by atoms with Gasteiger partial charge in [0.05, 0.1) is 0 Å². The molecule has 0 aromatic heterocycles. The number of hydrogen-bond donors (Lipinski definition) is 1. The van der Waals surface area contributed by atoms with E-state index in [0.29, 0.717) is 12.4 Å². The summed E-state index contributed by atoms with van der Waals surface area (Å²) in [4.78, 5) is 0. The third kappa shape index (κ3) is 1.83. The van der Waals surface area contributed by atoms with Gasteiger partial charge in [-0.25, -0.2) is 0 Å². The maximum absolute atomic E-state index is 9.95. The van der Waals surface area contributed by atoms with Gasteiger partial charge in [-0.05, 0) is 18.7 Å². The lowest BCUT2D eigenvalue weighted by Gasteiger charge is -2.38. The molecule has 0 aliphatic carbocycles. The first-order chi connectivity index (χ1) is 5.35. The van der Waals surface area contributed by atoms with Crippen molar-refractivity contribution in [2.75, 3.05) is 6.61 Å². The van der Waals surface area contributed by atoms with E-state index in [9.17, 15) is 5.11 Å². The van der Waals surface area contributed by atoms with Gasteiger partial charge in [-0.1, -0.05) is 26.6 Å². The Morgan fingerprint density at radius 2 is 2.00 bits per heavy atom. The van der Waals surface area contributed by atoms with Gasteiger partial charge in [0.1, 0.15) is 7.28 Å². The number of hydrogen-bond acceptors (Lipinski definition) is 2. The molecule has 1 aliphatic heterocycles. The van der Waals surface area contributed by atoms with Gasteiger partial charge in [-0.15, -0.1) is 0 Å².